The molecule has 182 valence electrons. The summed E-state index contributed by atoms with van der Waals surface area (Å²) in [6.45, 7) is 4.88. The number of carbonyl (C=O) groups excluding carboxylic acids is 2. The van der Waals surface area contributed by atoms with Gasteiger partial charge in [-0.3, -0.25) is 19.3 Å². The number of pyridine rings is 1. The highest BCUT2D eigenvalue weighted by atomic mass is 16.2. The van der Waals surface area contributed by atoms with Crippen molar-refractivity contribution in [2.45, 2.75) is 26.4 Å². The summed E-state index contributed by atoms with van der Waals surface area (Å²) >= 11 is 0. The molecule has 4 aromatic rings. The molecule has 1 atom stereocenters. The summed E-state index contributed by atoms with van der Waals surface area (Å²) in [7, 11) is 0. The topological polar surface area (TPSA) is 88.9 Å². The third-order valence-corrected chi connectivity index (χ3v) is 5.56. The first-order chi connectivity index (χ1) is 17.5. The molecule has 0 aliphatic carbocycles. The second-order valence-corrected chi connectivity index (χ2v) is 8.45. The van der Waals surface area contributed by atoms with Crippen molar-refractivity contribution in [1.29, 1.82) is 0 Å². The van der Waals surface area contributed by atoms with Gasteiger partial charge in [0.25, 0.3) is 11.8 Å². The Bertz CT molecular complexity index is 1360. The van der Waals surface area contributed by atoms with E-state index in [1.807, 2.05) is 55.1 Å². The van der Waals surface area contributed by atoms with Gasteiger partial charge in [0.15, 0.2) is 0 Å². The highest BCUT2D eigenvalue weighted by molar-refractivity contribution is 5.98. The van der Waals surface area contributed by atoms with Gasteiger partial charge in [0.1, 0.15) is 5.69 Å². The zero-order valence-electron chi connectivity index (χ0n) is 20.4. The van der Waals surface area contributed by atoms with Crippen molar-refractivity contribution < 1.29 is 9.59 Å². The average molecular weight is 480 g/mol. The van der Waals surface area contributed by atoms with Gasteiger partial charge in [0, 0.05) is 36.1 Å². The van der Waals surface area contributed by atoms with Crippen molar-refractivity contribution in [1.82, 2.24) is 25.4 Å². The lowest BCUT2D eigenvalue weighted by atomic mass is 10.0. The van der Waals surface area contributed by atoms with Gasteiger partial charge in [-0.05, 0) is 48.7 Å². The monoisotopic (exact) mass is 479 g/mol. The van der Waals surface area contributed by atoms with Crippen LogP contribution in [0.15, 0.2) is 91.4 Å². The van der Waals surface area contributed by atoms with Gasteiger partial charge in [0.2, 0.25) is 0 Å². The van der Waals surface area contributed by atoms with E-state index in [4.69, 9.17) is 0 Å². The Hall–Kier alpha value is -4.52. The zero-order chi connectivity index (χ0) is 25.3. The molecule has 0 saturated heterocycles. The minimum atomic E-state index is -0.302. The second-order valence-electron chi connectivity index (χ2n) is 8.45. The molecule has 0 spiro atoms. The molecule has 36 heavy (non-hydrogen) atoms. The van der Waals surface area contributed by atoms with Crippen molar-refractivity contribution in [2.24, 2.45) is 0 Å². The fourth-order valence-corrected chi connectivity index (χ4v) is 3.76. The summed E-state index contributed by atoms with van der Waals surface area (Å²) in [5.41, 5.74) is 5.08. The molecule has 2 amide bonds. The van der Waals surface area contributed by atoms with Crippen molar-refractivity contribution in [3.8, 4) is 11.1 Å². The number of hydrogen-bond donors (Lipinski definition) is 2. The highest BCUT2D eigenvalue weighted by Crippen LogP contribution is 2.20. The van der Waals surface area contributed by atoms with Crippen LogP contribution in [0.4, 0.5) is 0 Å². The molecule has 0 radical (unpaired) electrons. The van der Waals surface area contributed by atoms with E-state index in [2.05, 4.69) is 57.1 Å². The van der Waals surface area contributed by atoms with Crippen molar-refractivity contribution in [3.63, 3.8) is 0 Å². The van der Waals surface area contributed by atoms with Crippen LogP contribution in [-0.4, -0.2) is 39.2 Å². The third-order valence-electron chi connectivity index (χ3n) is 5.56. The van der Waals surface area contributed by atoms with E-state index in [1.54, 1.807) is 12.3 Å². The van der Waals surface area contributed by atoms with Crippen LogP contribution in [-0.2, 0) is 6.54 Å². The first kappa shape index (κ1) is 24.6. The molecule has 0 aliphatic heterocycles. The predicted molar refractivity (Wildman–Crippen MR) is 141 cm³/mol. The number of rotatable bonds is 9. The summed E-state index contributed by atoms with van der Waals surface area (Å²) in [5, 5.41) is 10.1. The van der Waals surface area contributed by atoms with Gasteiger partial charge in [0.05, 0.1) is 12.7 Å². The first-order valence-electron chi connectivity index (χ1n) is 11.9. The summed E-state index contributed by atoms with van der Waals surface area (Å²) in [5.74, 6) is -0.571. The maximum atomic E-state index is 12.6. The summed E-state index contributed by atoms with van der Waals surface area (Å²) in [6, 6.07) is 21.6. The molecule has 2 N–H and O–H groups in total. The molecule has 4 rings (SSSR count). The Labute approximate surface area is 210 Å². The molecule has 0 aliphatic rings. The van der Waals surface area contributed by atoms with Gasteiger partial charge in [-0.1, -0.05) is 60.7 Å². The fourth-order valence-electron chi connectivity index (χ4n) is 3.76. The molecule has 0 saturated carbocycles. The van der Waals surface area contributed by atoms with E-state index in [0.717, 1.165) is 5.56 Å². The van der Waals surface area contributed by atoms with Crippen LogP contribution in [0.25, 0.3) is 17.2 Å². The van der Waals surface area contributed by atoms with Crippen LogP contribution in [0.5, 0.6) is 0 Å². The maximum absolute atomic E-state index is 12.6. The summed E-state index contributed by atoms with van der Waals surface area (Å²) in [4.78, 5) is 28.6. The molecule has 0 unspecified atom stereocenters. The van der Waals surface area contributed by atoms with E-state index in [0.29, 0.717) is 18.7 Å². The van der Waals surface area contributed by atoms with Gasteiger partial charge >= 0.3 is 0 Å². The third kappa shape index (κ3) is 6.54. The number of aromatic nitrogens is 3. The molecule has 7 nitrogen and oxygen atoms in total. The van der Waals surface area contributed by atoms with Gasteiger partial charge in [-0.2, -0.15) is 5.10 Å². The van der Waals surface area contributed by atoms with E-state index in [-0.39, 0.29) is 23.6 Å². The second kappa shape index (κ2) is 11.8. The molecule has 2 heterocycles. The van der Waals surface area contributed by atoms with Crippen molar-refractivity contribution in [3.05, 3.63) is 114 Å². The van der Waals surface area contributed by atoms with E-state index in [1.165, 1.54) is 29.0 Å². The standard InChI is InChI=1S/C29H29N5O2/c1-3-30-29(36)27-17-26(14-15-31-27)28(35)33-21(2)12-13-23-18-32-34(20-23)19-22-8-7-11-25(16-22)24-9-5-4-6-10-24/h4-18,20-21H,3,19H2,1-2H3,(H,30,36)(H,33,35)/t21-/m0/s1. The van der Waals surface area contributed by atoms with Gasteiger partial charge in [-0.15, -0.1) is 0 Å². The Morgan fingerprint density at radius 3 is 2.61 bits per heavy atom. The van der Waals surface area contributed by atoms with Crippen molar-refractivity contribution >= 4 is 17.9 Å². The predicted octanol–water partition coefficient (Wildman–Crippen LogP) is 4.57. The average Bonchev–Trinajstić information content (AvgIpc) is 3.35. The highest BCUT2D eigenvalue weighted by Gasteiger charge is 2.12. The van der Waals surface area contributed by atoms with Gasteiger partial charge < -0.3 is 10.6 Å². The molecule has 0 bridgehead atoms. The molecule has 2 aromatic carbocycles. The largest absolute Gasteiger partial charge is 0.351 e. The summed E-state index contributed by atoms with van der Waals surface area (Å²) in [6.07, 6.45) is 9.07. The lowest BCUT2D eigenvalue weighted by Crippen LogP contribution is -2.31. The van der Waals surface area contributed by atoms with E-state index >= 15 is 0 Å². The van der Waals surface area contributed by atoms with E-state index < -0.39 is 0 Å². The Morgan fingerprint density at radius 2 is 1.81 bits per heavy atom. The first-order valence-corrected chi connectivity index (χ1v) is 11.9. The quantitative estimate of drug-likeness (QED) is 0.368. The lowest BCUT2D eigenvalue weighted by molar-refractivity contribution is 0.0947. The minimum Gasteiger partial charge on any atom is -0.351 e. The molecule has 0 fully saturated rings. The number of hydrogen-bond acceptors (Lipinski definition) is 4. The number of nitrogens with zero attached hydrogens (tertiary/aromatic N) is 3. The number of nitrogens with one attached hydrogen (secondary N) is 2. The van der Waals surface area contributed by atoms with Crippen LogP contribution in [0.2, 0.25) is 0 Å². The maximum Gasteiger partial charge on any atom is 0.269 e. The normalized spacial score (nSPS) is 11.8. The lowest BCUT2D eigenvalue weighted by Gasteiger charge is -2.10. The molecule has 2 aromatic heterocycles. The van der Waals surface area contributed by atoms with E-state index in [9.17, 15) is 9.59 Å². The Balaban J connectivity index is 1.35. The Morgan fingerprint density at radius 1 is 1.00 bits per heavy atom. The van der Waals surface area contributed by atoms with Crippen LogP contribution >= 0.6 is 0 Å². The molecular formula is C29H29N5O2. The SMILES string of the molecule is CCNC(=O)c1cc(C(=O)N[C@@H](C)C=Cc2cnn(Cc3cccc(-c4ccccc4)c3)c2)ccn1. The van der Waals surface area contributed by atoms with Gasteiger partial charge in [-0.25, -0.2) is 0 Å². The summed E-state index contributed by atoms with van der Waals surface area (Å²) < 4.78 is 1.90. The molecular weight excluding hydrogens is 450 g/mol. The Kier molecular flexibility index (Phi) is 8.03. The van der Waals surface area contributed by atoms with Crippen LogP contribution in [0, 0.1) is 0 Å². The van der Waals surface area contributed by atoms with Crippen LogP contribution < -0.4 is 10.6 Å². The molecule has 7 heteroatoms. The number of carbonyl (C=O) groups is 2. The van der Waals surface area contributed by atoms with Crippen LogP contribution in [0.1, 0.15) is 45.8 Å². The van der Waals surface area contributed by atoms with Crippen molar-refractivity contribution in [2.75, 3.05) is 6.54 Å². The number of amides is 2. The number of benzene rings is 2. The smallest absolute Gasteiger partial charge is 0.269 e. The zero-order valence-corrected chi connectivity index (χ0v) is 20.4. The minimum absolute atomic E-state index is 0.217. The fraction of sp³-hybridized carbons (Fsp3) is 0.172. The van der Waals surface area contributed by atoms with Crippen LogP contribution in [0.3, 0.4) is 0 Å².